The Hall–Kier alpha value is -3.12. The topological polar surface area (TPSA) is 196 Å². The van der Waals surface area contributed by atoms with E-state index < -0.39 is 65.3 Å². The highest BCUT2D eigenvalue weighted by molar-refractivity contribution is 5.93. The number of hydrogen-bond donors (Lipinski definition) is 5. The fraction of sp³-hybridized carbons (Fsp3) is 0.765. The van der Waals surface area contributed by atoms with Crippen LogP contribution in [-0.4, -0.2) is 81.0 Å². The van der Waals surface area contributed by atoms with Gasteiger partial charge in [-0.25, -0.2) is 4.79 Å². The number of aliphatic hydroxyl groups is 2. The van der Waals surface area contributed by atoms with E-state index in [1.165, 1.54) is 6.92 Å². The Morgan fingerprint density at radius 2 is 1.78 bits per heavy atom. The number of allylic oxidation sites excluding steroid dienone is 1. The third kappa shape index (κ3) is 6.79. The van der Waals surface area contributed by atoms with Crippen molar-refractivity contribution in [3.05, 3.63) is 11.6 Å². The lowest BCUT2D eigenvalue weighted by Gasteiger charge is -2.60. The van der Waals surface area contributed by atoms with Crippen LogP contribution in [0.3, 0.4) is 0 Å². The van der Waals surface area contributed by atoms with E-state index in [-0.39, 0.29) is 61.1 Å². The van der Waals surface area contributed by atoms with Crippen LogP contribution in [-0.2, 0) is 33.5 Å². The van der Waals surface area contributed by atoms with Crippen LogP contribution in [0.2, 0.25) is 0 Å². The minimum absolute atomic E-state index is 0.0122. The highest BCUT2D eigenvalue weighted by Gasteiger charge is 2.68. The molecule has 12 heteroatoms. The van der Waals surface area contributed by atoms with Gasteiger partial charge in [0.25, 0.3) is 0 Å². The first-order valence-electron chi connectivity index (χ1n) is 16.7. The molecule has 0 aromatic heterocycles. The van der Waals surface area contributed by atoms with Gasteiger partial charge in [-0.05, 0) is 81.1 Å². The summed E-state index contributed by atoms with van der Waals surface area (Å²) in [4.78, 5) is 74.2. The fourth-order valence-electron chi connectivity index (χ4n) is 9.04. The lowest BCUT2D eigenvalue weighted by Crippen LogP contribution is -2.62. The molecule has 0 unspecified atom stereocenters. The highest BCUT2D eigenvalue weighted by Crippen LogP contribution is 2.67. The molecule has 0 aliphatic heterocycles. The molecular formula is C34H50N2O10. The predicted octanol–water partition coefficient (Wildman–Crippen LogP) is 2.38. The third-order valence-corrected chi connectivity index (χ3v) is 11.7. The third-order valence-electron chi connectivity index (χ3n) is 11.7. The van der Waals surface area contributed by atoms with E-state index >= 15 is 0 Å². The molecular weight excluding hydrogens is 596 g/mol. The molecule has 0 heterocycles. The van der Waals surface area contributed by atoms with Crippen LogP contribution in [0.1, 0.15) is 105 Å². The number of carbonyl (C=O) groups is 6. The number of rotatable bonds is 13. The number of carboxylic acid groups (broad SMARTS) is 1. The summed E-state index contributed by atoms with van der Waals surface area (Å²) in [6, 6.07) is -2.09. The van der Waals surface area contributed by atoms with Crippen molar-refractivity contribution in [2.24, 2.45) is 28.6 Å². The number of carbonyl (C=O) groups excluding carboxylic acids is 5. The second-order valence-electron chi connectivity index (χ2n) is 14.4. The number of aliphatic carboxylic acids is 1. The second-order valence-corrected chi connectivity index (χ2v) is 14.4. The number of esters is 1. The van der Waals surface area contributed by atoms with Crippen LogP contribution < -0.4 is 10.6 Å². The summed E-state index contributed by atoms with van der Waals surface area (Å²) in [5.41, 5.74) is -1.88. The maximum absolute atomic E-state index is 13.5. The van der Waals surface area contributed by atoms with E-state index in [0.29, 0.717) is 25.7 Å². The number of amides is 2. The zero-order valence-electron chi connectivity index (χ0n) is 27.4. The van der Waals surface area contributed by atoms with Crippen LogP contribution in [0.4, 0.5) is 0 Å². The molecule has 12 nitrogen and oxygen atoms in total. The number of carboxylic acids is 1. The van der Waals surface area contributed by atoms with Crippen LogP contribution >= 0.6 is 0 Å². The van der Waals surface area contributed by atoms with E-state index in [4.69, 9.17) is 4.74 Å². The molecule has 4 aliphatic carbocycles. The molecule has 3 fully saturated rings. The molecule has 3 saturated carbocycles. The summed E-state index contributed by atoms with van der Waals surface area (Å²) in [6.07, 6.45) is 5.66. The zero-order chi connectivity index (χ0) is 34.0. The van der Waals surface area contributed by atoms with Crippen molar-refractivity contribution in [1.29, 1.82) is 0 Å². The minimum atomic E-state index is -1.78. The summed E-state index contributed by atoms with van der Waals surface area (Å²) >= 11 is 0. The van der Waals surface area contributed by atoms with Gasteiger partial charge in [-0.2, -0.15) is 0 Å². The second kappa shape index (κ2) is 13.9. The smallest absolute Gasteiger partial charge is 0.326 e. The Morgan fingerprint density at radius 3 is 2.46 bits per heavy atom. The summed E-state index contributed by atoms with van der Waals surface area (Å²) in [5.74, 6) is -3.75. The Kier molecular flexibility index (Phi) is 10.8. The van der Waals surface area contributed by atoms with Gasteiger partial charge in [-0.1, -0.05) is 39.2 Å². The van der Waals surface area contributed by atoms with Crippen molar-refractivity contribution in [3.63, 3.8) is 0 Å². The maximum atomic E-state index is 13.5. The Labute approximate surface area is 270 Å². The summed E-state index contributed by atoms with van der Waals surface area (Å²) < 4.78 is 5.18. The summed E-state index contributed by atoms with van der Waals surface area (Å²) in [6.45, 7) is 6.63. The monoisotopic (exact) mass is 646 g/mol. The van der Waals surface area contributed by atoms with Crippen LogP contribution in [0.5, 0.6) is 0 Å². The van der Waals surface area contributed by atoms with Gasteiger partial charge < -0.3 is 30.7 Å². The maximum Gasteiger partial charge on any atom is 0.326 e. The summed E-state index contributed by atoms with van der Waals surface area (Å²) in [7, 11) is 0. The van der Waals surface area contributed by atoms with E-state index in [0.717, 1.165) is 24.8 Å². The Bertz CT molecular complexity index is 1280. The number of hydrogen-bond acceptors (Lipinski definition) is 9. The first kappa shape index (κ1) is 35.7. The molecule has 9 atom stereocenters. The van der Waals surface area contributed by atoms with Gasteiger partial charge in [-0.3, -0.25) is 24.0 Å². The normalized spacial score (nSPS) is 34.6. The number of ketones is 2. The van der Waals surface area contributed by atoms with Gasteiger partial charge >= 0.3 is 11.9 Å². The predicted molar refractivity (Wildman–Crippen MR) is 165 cm³/mol. The molecule has 0 spiro atoms. The molecule has 0 radical (unpaired) electrons. The van der Waals surface area contributed by atoms with Crippen LogP contribution in [0.15, 0.2) is 11.6 Å². The van der Waals surface area contributed by atoms with Crippen molar-refractivity contribution in [3.8, 4) is 0 Å². The number of aliphatic hydroxyl groups excluding tert-OH is 1. The first-order chi connectivity index (χ1) is 21.6. The van der Waals surface area contributed by atoms with Gasteiger partial charge in [-0.15, -0.1) is 0 Å². The minimum Gasteiger partial charge on any atom is -0.480 e. The van der Waals surface area contributed by atoms with Crippen molar-refractivity contribution in [1.82, 2.24) is 10.6 Å². The number of unbranched alkanes of at least 4 members (excludes halogenated alkanes) is 1. The average Bonchev–Trinajstić information content (AvgIpc) is 3.27. The number of Topliss-reactive ketones (excluding diaryl/α,β-unsaturated/α-hetero) is 1. The number of nitrogens with one attached hydrogen (secondary N) is 2. The van der Waals surface area contributed by atoms with E-state index in [1.54, 1.807) is 6.08 Å². The molecule has 256 valence electrons. The highest BCUT2D eigenvalue weighted by atomic mass is 16.5. The standard InChI is InChI=1S/C34H50N2O10/c1-5-6-7-24(31(43)44)36-30(42)19(2)35-27(40)10-11-28(41)46-18-26(39)34(45)15-13-23-22-9-8-20-16-21(37)12-14-32(20,3)29(22)25(38)17-33(23,34)4/h16,19,22-25,29,38,45H,5-15,17-18H2,1-4H3,(H,35,40)(H,36,42)(H,43,44)/t19-,22-,23-,24+,25+,29+,32+,33+,34-/m1/s1. The van der Waals surface area contributed by atoms with Crippen molar-refractivity contribution >= 4 is 35.3 Å². The molecule has 0 aromatic carbocycles. The van der Waals surface area contributed by atoms with E-state index in [2.05, 4.69) is 17.6 Å². The summed E-state index contributed by atoms with van der Waals surface area (Å²) in [5, 5.41) is 37.5. The van der Waals surface area contributed by atoms with Gasteiger partial charge in [0.1, 0.15) is 17.7 Å². The Morgan fingerprint density at radius 1 is 1.07 bits per heavy atom. The van der Waals surface area contributed by atoms with Gasteiger partial charge in [0.05, 0.1) is 12.5 Å². The van der Waals surface area contributed by atoms with Gasteiger partial charge in [0.15, 0.2) is 12.4 Å². The average molecular weight is 647 g/mol. The molecule has 2 amide bonds. The first-order valence-corrected chi connectivity index (χ1v) is 16.7. The Balaban J connectivity index is 1.28. The molecule has 5 N–H and O–H groups in total. The van der Waals surface area contributed by atoms with Crippen LogP contribution in [0.25, 0.3) is 0 Å². The van der Waals surface area contributed by atoms with E-state index in [9.17, 15) is 44.1 Å². The lowest BCUT2D eigenvalue weighted by atomic mass is 9.45. The van der Waals surface area contributed by atoms with Crippen molar-refractivity contribution in [2.75, 3.05) is 6.61 Å². The zero-order valence-corrected chi connectivity index (χ0v) is 27.4. The quantitative estimate of drug-likeness (QED) is 0.185. The van der Waals surface area contributed by atoms with Gasteiger partial charge in [0.2, 0.25) is 17.6 Å². The van der Waals surface area contributed by atoms with Gasteiger partial charge in [0, 0.05) is 18.3 Å². The van der Waals surface area contributed by atoms with Crippen LogP contribution in [0, 0.1) is 28.6 Å². The molecule has 4 rings (SSSR count). The largest absolute Gasteiger partial charge is 0.480 e. The van der Waals surface area contributed by atoms with Crippen molar-refractivity contribution < 1.29 is 48.8 Å². The fourth-order valence-corrected chi connectivity index (χ4v) is 9.04. The van der Waals surface area contributed by atoms with Crippen molar-refractivity contribution in [2.45, 2.75) is 129 Å². The molecule has 0 bridgehead atoms. The number of ether oxygens (including phenoxy) is 1. The molecule has 0 aromatic rings. The lowest BCUT2D eigenvalue weighted by molar-refractivity contribution is -0.184. The molecule has 4 aliphatic rings. The number of fused-ring (bicyclic) bond motifs is 5. The molecule has 46 heavy (non-hydrogen) atoms. The SMILES string of the molecule is CCCC[C@H](NC(=O)[C@@H](C)NC(=O)CCC(=O)OCC(=O)[C@]1(O)CC[C@@H]2[C@H]3CCC4=CC(=O)CC[C@]4(C)[C@@H]3[C@@H](O)C[C@@]21C)C(=O)O. The van der Waals surface area contributed by atoms with E-state index in [1.807, 2.05) is 13.8 Å². The molecule has 0 saturated heterocycles.